The Labute approximate surface area is 173 Å². The van der Waals surface area contributed by atoms with Crippen LogP contribution in [0.4, 0.5) is 0 Å². The number of hydrogen-bond donors (Lipinski definition) is 2. The molecule has 1 amide bonds. The molecule has 0 aliphatic rings. The highest BCUT2D eigenvalue weighted by Gasteiger charge is 2.24. The molecule has 6 nitrogen and oxygen atoms in total. The van der Waals surface area contributed by atoms with Crippen LogP contribution in [0.5, 0.6) is 5.75 Å². The smallest absolute Gasteiger partial charge is 0.241 e. The number of ether oxygens (including phenoxy) is 1. The third kappa shape index (κ3) is 5.36. The molecule has 7 heteroatoms. The summed E-state index contributed by atoms with van der Waals surface area (Å²) in [5.74, 6) is 0.219. The van der Waals surface area contributed by atoms with E-state index in [1.54, 1.807) is 13.0 Å². The van der Waals surface area contributed by atoms with Gasteiger partial charge in [-0.1, -0.05) is 12.1 Å². The third-order valence-corrected chi connectivity index (χ3v) is 6.65. The molecule has 0 unspecified atom stereocenters. The van der Waals surface area contributed by atoms with Crippen LogP contribution in [0.15, 0.2) is 35.2 Å². The highest BCUT2D eigenvalue weighted by atomic mass is 32.2. The van der Waals surface area contributed by atoms with Crippen molar-refractivity contribution in [3.63, 3.8) is 0 Å². The van der Waals surface area contributed by atoms with Gasteiger partial charge in [0.2, 0.25) is 15.9 Å². The first-order chi connectivity index (χ1) is 13.5. The minimum absolute atomic E-state index is 0.0912. The predicted molar refractivity (Wildman–Crippen MR) is 115 cm³/mol. The number of aryl methyl sites for hydroxylation is 4. The summed E-state index contributed by atoms with van der Waals surface area (Å²) in [6.07, 6.45) is 0. The van der Waals surface area contributed by atoms with Crippen LogP contribution in [0.3, 0.4) is 0 Å². The predicted octanol–water partition coefficient (Wildman–Crippen LogP) is 3.47. The largest absolute Gasteiger partial charge is 0.496 e. The monoisotopic (exact) mass is 418 g/mol. The minimum atomic E-state index is -3.84. The fraction of sp³-hybridized carbons (Fsp3) is 0.409. The molecule has 0 saturated heterocycles. The van der Waals surface area contributed by atoms with Crippen LogP contribution in [0.25, 0.3) is 0 Å². The van der Waals surface area contributed by atoms with Crippen molar-refractivity contribution in [3.8, 4) is 5.75 Å². The number of carbonyl (C=O) groups is 1. The van der Waals surface area contributed by atoms with Crippen LogP contribution in [-0.2, 0) is 14.8 Å². The molecule has 0 aliphatic carbocycles. The van der Waals surface area contributed by atoms with E-state index in [1.165, 1.54) is 31.7 Å². The Morgan fingerprint density at radius 3 is 2.14 bits per heavy atom. The molecule has 29 heavy (non-hydrogen) atoms. The van der Waals surface area contributed by atoms with E-state index in [-0.39, 0.29) is 16.8 Å². The van der Waals surface area contributed by atoms with Gasteiger partial charge in [0.15, 0.2) is 0 Å². The molecule has 0 saturated carbocycles. The molecule has 2 atom stereocenters. The van der Waals surface area contributed by atoms with Gasteiger partial charge in [-0.2, -0.15) is 4.72 Å². The zero-order valence-electron chi connectivity index (χ0n) is 18.1. The fourth-order valence-electron chi connectivity index (χ4n) is 3.24. The van der Waals surface area contributed by atoms with Crippen molar-refractivity contribution in [2.24, 2.45) is 0 Å². The van der Waals surface area contributed by atoms with E-state index < -0.39 is 16.1 Å². The Morgan fingerprint density at radius 2 is 1.55 bits per heavy atom. The quantitative estimate of drug-likeness (QED) is 0.721. The first-order valence-electron chi connectivity index (χ1n) is 9.51. The molecule has 0 spiro atoms. The van der Waals surface area contributed by atoms with Gasteiger partial charge in [-0.3, -0.25) is 4.79 Å². The number of carbonyl (C=O) groups excluding carboxylic acids is 1. The molecule has 0 fully saturated rings. The lowest BCUT2D eigenvalue weighted by atomic mass is 9.96. The zero-order chi connectivity index (χ0) is 21.9. The van der Waals surface area contributed by atoms with E-state index in [4.69, 9.17) is 4.74 Å². The van der Waals surface area contributed by atoms with Crippen molar-refractivity contribution in [1.82, 2.24) is 10.0 Å². The minimum Gasteiger partial charge on any atom is -0.496 e. The van der Waals surface area contributed by atoms with Gasteiger partial charge in [0.1, 0.15) is 5.75 Å². The van der Waals surface area contributed by atoms with Crippen molar-refractivity contribution in [2.75, 3.05) is 7.11 Å². The highest BCUT2D eigenvalue weighted by molar-refractivity contribution is 7.89. The van der Waals surface area contributed by atoms with E-state index in [0.29, 0.717) is 11.3 Å². The fourth-order valence-corrected chi connectivity index (χ4v) is 4.53. The summed E-state index contributed by atoms with van der Waals surface area (Å²) in [4.78, 5) is 12.7. The number of methoxy groups -OCH3 is 1. The van der Waals surface area contributed by atoms with E-state index in [1.807, 2.05) is 27.7 Å². The van der Waals surface area contributed by atoms with Crippen LogP contribution >= 0.6 is 0 Å². The molecule has 158 valence electrons. The Morgan fingerprint density at radius 1 is 0.931 bits per heavy atom. The van der Waals surface area contributed by atoms with Gasteiger partial charge in [0.25, 0.3) is 0 Å². The van der Waals surface area contributed by atoms with Crippen LogP contribution in [-0.4, -0.2) is 27.5 Å². The molecular formula is C22H30N2O4S. The van der Waals surface area contributed by atoms with Crippen LogP contribution in [0.2, 0.25) is 0 Å². The number of amides is 1. The zero-order valence-corrected chi connectivity index (χ0v) is 18.9. The summed E-state index contributed by atoms with van der Waals surface area (Å²) < 4.78 is 32.9. The number of sulfonamides is 1. The van der Waals surface area contributed by atoms with Crippen LogP contribution in [0.1, 0.15) is 47.7 Å². The maximum atomic E-state index is 12.7. The normalized spacial score (nSPS) is 13.6. The maximum Gasteiger partial charge on any atom is 0.241 e. The lowest BCUT2D eigenvalue weighted by molar-refractivity contribution is -0.123. The molecule has 2 N–H and O–H groups in total. The molecule has 0 radical (unpaired) electrons. The highest BCUT2D eigenvalue weighted by Crippen LogP contribution is 2.23. The summed E-state index contributed by atoms with van der Waals surface area (Å²) >= 11 is 0. The van der Waals surface area contributed by atoms with Crippen molar-refractivity contribution in [3.05, 3.63) is 58.1 Å². The van der Waals surface area contributed by atoms with Gasteiger partial charge >= 0.3 is 0 Å². The SMILES string of the molecule is COc1ccc(S(=O)(=O)N[C@@H](C)C(=O)N[C@H](C)c2cc(C)c(C)cc2C)cc1C. The number of nitrogens with one attached hydrogen (secondary N) is 2. The number of rotatable bonds is 7. The van der Waals surface area contributed by atoms with Gasteiger partial charge in [-0.25, -0.2) is 8.42 Å². The Balaban J connectivity index is 2.12. The van der Waals surface area contributed by atoms with Gasteiger partial charge in [0, 0.05) is 0 Å². The summed E-state index contributed by atoms with van der Waals surface area (Å²) in [5, 5.41) is 2.90. The molecule has 2 aromatic rings. The van der Waals surface area contributed by atoms with Crippen molar-refractivity contribution in [2.45, 2.75) is 58.5 Å². The Kier molecular flexibility index (Phi) is 7.08. The van der Waals surface area contributed by atoms with Crippen molar-refractivity contribution in [1.29, 1.82) is 0 Å². The molecule has 2 rings (SSSR count). The molecule has 0 bridgehead atoms. The van der Waals surface area contributed by atoms with E-state index in [2.05, 4.69) is 22.2 Å². The van der Waals surface area contributed by atoms with Crippen LogP contribution in [0, 0.1) is 27.7 Å². The van der Waals surface area contributed by atoms with Crippen LogP contribution < -0.4 is 14.8 Å². The first kappa shape index (κ1) is 22.9. The molecule has 0 aromatic heterocycles. The van der Waals surface area contributed by atoms with E-state index in [9.17, 15) is 13.2 Å². The van der Waals surface area contributed by atoms with Crippen molar-refractivity contribution >= 4 is 15.9 Å². The second-order valence-corrected chi connectivity index (χ2v) is 9.21. The lowest BCUT2D eigenvalue weighted by Gasteiger charge is -2.21. The van der Waals surface area contributed by atoms with Crippen molar-refractivity contribution < 1.29 is 17.9 Å². The van der Waals surface area contributed by atoms with Gasteiger partial charge < -0.3 is 10.1 Å². The lowest BCUT2D eigenvalue weighted by Crippen LogP contribution is -2.45. The molecule has 2 aromatic carbocycles. The van der Waals surface area contributed by atoms with Gasteiger partial charge in [0.05, 0.1) is 24.1 Å². The third-order valence-electron chi connectivity index (χ3n) is 5.11. The van der Waals surface area contributed by atoms with Gasteiger partial charge in [-0.05, 0) is 87.6 Å². The topological polar surface area (TPSA) is 84.5 Å². The van der Waals surface area contributed by atoms with Gasteiger partial charge in [-0.15, -0.1) is 0 Å². The van der Waals surface area contributed by atoms with E-state index in [0.717, 1.165) is 16.7 Å². The second-order valence-electron chi connectivity index (χ2n) is 7.50. The Bertz CT molecular complexity index is 1020. The second kappa shape index (κ2) is 8.97. The summed E-state index contributed by atoms with van der Waals surface area (Å²) in [7, 11) is -2.31. The average molecular weight is 419 g/mol. The number of hydrogen-bond acceptors (Lipinski definition) is 4. The standard InChI is InChI=1S/C22H30N2O4S/c1-13-10-15(3)20(12-14(13)2)17(5)23-22(25)18(6)24-29(26,27)19-8-9-21(28-7)16(4)11-19/h8-12,17-18,24H,1-7H3,(H,23,25)/t17-,18+/m1/s1. The Hall–Kier alpha value is -2.38. The molecular weight excluding hydrogens is 388 g/mol. The van der Waals surface area contributed by atoms with E-state index >= 15 is 0 Å². The summed E-state index contributed by atoms with van der Waals surface area (Å²) in [5.41, 5.74) is 5.15. The number of benzene rings is 2. The maximum absolute atomic E-state index is 12.7. The molecule has 0 heterocycles. The first-order valence-corrected chi connectivity index (χ1v) is 11.0. The summed E-state index contributed by atoms with van der Waals surface area (Å²) in [6, 6.07) is 7.57. The summed E-state index contributed by atoms with van der Waals surface area (Å²) in [6.45, 7) is 11.3. The molecule has 0 aliphatic heterocycles. The average Bonchev–Trinajstić information content (AvgIpc) is 2.64.